The van der Waals surface area contributed by atoms with E-state index >= 15 is 0 Å². The first-order valence-electron chi connectivity index (χ1n) is 7.24. The van der Waals surface area contributed by atoms with Crippen molar-refractivity contribution in [2.24, 2.45) is 5.92 Å². The van der Waals surface area contributed by atoms with E-state index in [9.17, 15) is 0 Å². The molecular formula is C15H24BrNS. The summed E-state index contributed by atoms with van der Waals surface area (Å²) in [6.07, 6.45) is 9.83. The van der Waals surface area contributed by atoms with E-state index < -0.39 is 0 Å². The Labute approximate surface area is 123 Å². The summed E-state index contributed by atoms with van der Waals surface area (Å²) in [4.78, 5) is 1.44. The zero-order valence-electron chi connectivity index (χ0n) is 11.3. The lowest BCUT2D eigenvalue weighted by atomic mass is 9.95. The summed E-state index contributed by atoms with van der Waals surface area (Å²) in [7, 11) is 0. The Balaban J connectivity index is 1.73. The second kappa shape index (κ2) is 7.66. The third-order valence-corrected chi connectivity index (χ3v) is 5.67. The maximum Gasteiger partial charge on any atom is 0.0302 e. The zero-order valence-corrected chi connectivity index (χ0v) is 13.7. The lowest BCUT2D eigenvalue weighted by Crippen LogP contribution is -2.27. The van der Waals surface area contributed by atoms with Gasteiger partial charge in [-0.25, -0.2) is 0 Å². The van der Waals surface area contributed by atoms with Crippen molar-refractivity contribution in [1.82, 2.24) is 5.32 Å². The number of halogens is 1. The third kappa shape index (κ3) is 4.67. The molecule has 1 heterocycles. The van der Waals surface area contributed by atoms with Gasteiger partial charge in [-0.3, -0.25) is 0 Å². The van der Waals surface area contributed by atoms with Gasteiger partial charge in [-0.05, 0) is 47.2 Å². The van der Waals surface area contributed by atoms with Crippen LogP contribution in [0.2, 0.25) is 0 Å². The van der Waals surface area contributed by atoms with Crippen molar-refractivity contribution in [3.63, 3.8) is 0 Å². The number of hydrogen-bond acceptors (Lipinski definition) is 2. The van der Waals surface area contributed by atoms with E-state index in [0.717, 1.165) is 18.5 Å². The lowest BCUT2D eigenvalue weighted by Gasteiger charge is -2.16. The molecule has 0 saturated heterocycles. The van der Waals surface area contributed by atoms with E-state index in [1.54, 1.807) is 0 Å². The fourth-order valence-electron chi connectivity index (χ4n) is 2.97. The summed E-state index contributed by atoms with van der Waals surface area (Å²) < 4.78 is 1.22. The predicted molar refractivity (Wildman–Crippen MR) is 84.1 cm³/mol. The second-order valence-corrected chi connectivity index (χ2v) is 7.38. The van der Waals surface area contributed by atoms with Crippen molar-refractivity contribution >= 4 is 27.3 Å². The number of nitrogens with one attached hydrogen (secondary N) is 1. The summed E-state index contributed by atoms with van der Waals surface area (Å²) in [5.74, 6) is 0.998. The van der Waals surface area contributed by atoms with Gasteiger partial charge in [-0.15, -0.1) is 11.3 Å². The Morgan fingerprint density at radius 2 is 2.22 bits per heavy atom. The molecule has 1 aliphatic carbocycles. The zero-order chi connectivity index (χ0) is 12.8. The molecule has 2 atom stereocenters. The Hall–Kier alpha value is 0.140. The van der Waals surface area contributed by atoms with Gasteiger partial charge in [0.25, 0.3) is 0 Å². The number of hydrogen-bond donors (Lipinski definition) is 1. The minimum atomic E-state index is 0.743. The van der Waals surface area contributed by atoms with Gasteiger partial charge in [0.15, 0.2) is 0 Å². The van der Waals surface area contributed by atoms with Crippen LogP contribution in [0.4, 0.5) is 0 Å². The Morgan fingerprint density at radius 1 is 1.33 bits per heavy atom. The normalized spacial score (nSPS) is 25.0. The van der Waals surface area contributed by atoms with Gasteiger partial charge >= 0.3 is 0 Å². The highest BCUT2D eigenvalue weighted by atomic mass is 79.9. The molecule has 3 heteroatoms. The molecule has 102 valence electrons. The predicted octanol–water partition coefficient (Wildman–Crippen LogP) is 5.35. The number of thiophene rings is 1. The molecule has 1 fully saturated rings. The fraction of sp³-hybridized carbons (Fsp3) is 0.733. The van der Waals surface area contributed by atoms with E-state index in [0.29, 0.717) is 0 Å². The molecule has 1 aromatic heterocycles. The largest absolute Gasteiger partial charge is 0.309 e. The average Bonchev–Trinajstić information content (AvgIpc) is 2.64. The molecule has 1 saturated carbocycles. The molecule has 1 aromatic rings. The van der Waals surface area contributed by atoms with Crippen molar-refractivity contribution in [2.45, 2.75) is 64.5 Å². The van der Waals surface area contributed by atoms with E-state index in [1.165, 1.54) is 54.3 Å². The van der Waals surface area contributed by atoms with Crippen molar-refractivity contribution < 1.29 is 0 Å². The molecule has 0 aliphatic heterocycles. The van der Waals surface area contributed by atoms with Crippen molar-refractivity contribution in [2.75, 3.05) is 0 Å². The Bertz CT molecular complexity index is 350. The first-order valence-corrected chi connectivity index (χ1v) is 8.91. The third-order valence-electron chi connectivity index (χ3n) is 3.97. The first-order chi connectivity index (χ1) is 8.78. The van der Waals surface area contributed by atoms with Crippen molar-refractivity contribution in [3.8, 4) is 0 Å². The Kier molecular flexibility index (Phi) is 6.19. The molecule has 2 rings (SSSR count). The molecule has 2 unspecified atom stereocenters. The summed E-state index contributed by atoms with van der Waals surface area (Å²) in [6.45, 7) is 3.36. The van der Waals surface area contributed by atoms with Crippen LogP contribution in [0.15, 0.2) is 15.9 Å². The summed E-state index contributed by atoms with van der Waals surface area (Å²) in [6, 6.07) is 2.97. The highest BCUT2D eigenvalue weighted by Crippen LogP contribution is 2.27. The summed E-state index contributed by atoms with van der Waals surface area (Å²) >= 11 is 5.36. The molecule has 18 heavy (non-hydrogen) atoms. The van der Waals surface area contributed by atoms with Gasteiger partial charge in [0.2, 0.25) is 0 Å². The monoisotopic (exact) mass is 329 g/mol. The van der Waals surface area contributed by atoms with Crippen LogP contribution in [0.5, 0.6) is 0 Å². The molecule has 1 aliphatic rings. The van der Waals surface area contributed by atoms with Crippen LogP contribution in [0, 0.1) is 5.92 Å². The van der Waals surface area contributed by atoms with Crippen LogP contribution in [0.25, 0.3) is 0 Å². The van der Waals surface area contributed by atoms with Crippen LogP contribution in [-0.2, 0) is 6.54 Å². The second-order valence-electron chi connectivity index (χ2n) is 5.47. The topological polar surface area (TPSA) is 12.0 Å². The highest BCUT2D eigenvalue weighted by Gasteiger charge is 2.17. The van der Waals surface area contributed by atoms with Crippen molar-refractivity contribution in [1.29, 1.82) is 0 Å². The minimum absolute atomic E-state index is 0.743. The molecule has 1 nitrogen and oxygen atoms in total. The van der Waals surface area contributed by atoms with Crippen molar-refractivity contribution in [3.05, 3.63) is 20.8 Å². The van der Waals surface area contributed by atoms with Gasteiger partial charge in [0, 0.05) is 27.3 Å². The average molecular weight is 330 g/mol. The minimum Gasteiger partial charge on any atom is -0.309 e. The fourth-order valence-corrected chi connectivity index (χ4v) is 4.37. The molecule has 0 amide bonds. The quantitative estimate of drug-likeness (QED) is 0.718. The van der Waals surface area contributed by atoms with Gasteiger partial charge in [0.1, 0.15) is 0 Å². The van der Waals surface area contributed by atoms with Gasteiger partial charge in [-0.2, -0.15) is 0 Å². The maximum atomic E-state index is 3.74. The van der Waals surface area contributed by atoms with Crippen LogP contribution >= 0.6 is 27.3 Å². The Morgan fingerprint density at radius 3 is 2.94 bits per heavy atom. The SMILES string of the molecule is CCCC1CCCC(NCc2cc(Br)cs2)CC1. The van der Waals surface area contributed by atoms with E-state index in [2.05, 4.69) is 39.6 Å². The summed E-state index contributed by atoms with van der Waals surface area (Å²) in [5, 5.41) is 5.91. The molecule has 0 bridgehead atoms. The first kappa shape index (κ1) is 14.5. The molecule has 1 N–H and O–H groups in total. The van der Waals surface area contributed by atoms with E-state index in [-0.39, 0.29) is 0 Å². The highest BCUT2D eigenvalue weighted by molar-refractivity contribution is 9.10. The molecule has 0 spiro atoms. The van der Waals surface area contributed by atoms with Gasteiger partial charge in [-0.1, -0.05) is 32.6 Å². The standard InChI is InChI=1S/C15H24BrNS/c1-2-4-12-5-3-6-14(8-7-12)17-10-15-9-13(16)11-18-15/h9,11-12,14,17H,2-8,10H2,1H3. The molecule has 0 radical (unpaired) electrons. The lowest BCUT2D eigenvalue weighted by molar-refractivity contribution is 0.410. The van der Waals surface area contributed by atoms with Crippen LogP contribution in [-0.4, -0.2) is 6.04 Å². The van der Waals surface area contributed by atoms with Gasteiger partial charge < -0.3 is 5.32 Å². The molecule has 0 aromatic carbocycles. The van der Waals surface area contributed by atoms with Gasteiger partial charge in [0.05, 0.1) is 0 Å². The number of rotatable bonds is 5. The smallest absolute Gasteiger partial charge is 0.0302 e. The van der Waals surface area contributed by atoms with Crippen LogP contribution in [0.3, 0.4) is 0 Å². The molecular weight excluding hydrogens is 306 g/mol. The van der Waals surface area contributed by atoms with Crippen LogP contribution in [0.1, 0.15) is 56.7 Å². The maximum absolute atomic E-state index is 3.74. The van der Waals surface area contributed by atoms with E-state index in [1.807, 2.05) is 11.3 Å². The summed E-state index contributed by atoms with van der Waals surface area (Å²) in [5.41, 5.74) is 0. The van der Waals surface area contributed by atoms with E-state index in [4.69, 9.17) is 0 Å². The van der Waals surface area contributed by atoms with Crippen LogP contribution < -0.4 is 5.32 Å².